The number of aryl methyl sites for hydroxylation is 1. The van der Waals surface area contributed by atoms with Gasteiger partial charge in [-0.2, -0.15) is 0 Å². The fraction of sp³-hybridized carbons (Fsp3) is 0.154. The number of aliphatic hydroxyl groups excluding tert-OH is 1. The third-order valence-electron chi connectivity index (χ3n) is 2.69. The Morgan fingerprint density at radius 2 is 1.89 bits per heavy atom. The molecule has 0 amide bonds. The van der Waals surface area contributed by atoms with Crippen LogP contribution in [0, 0.1) is 18.6 Å². The SMILES string of the molecule is Cc1ccncc1C(O)c1c(F)cc(Br)cc1F. The summed E-state index contributed by atoms with van der Waals surface area (Å²) >= 11 is 2.99. The molecule has 1 N–H and O–H groups in total. The van der Waals surface area contributed by atoms with Gasteiger partial charge in [0.2, 0.25) is 0 Å². The molecule has 1 atom stereocenters. The molecule has 5 heteroatoms. The number of aliphatic hydroxyl groups is 1. The van der Waals surface area contributed by atoms with Gasteiger partial charge < -0.3 is 5.11 Å². The molecule has 0 aliphatic heterocycles. The smallest absolute Gasteiger partial charge is 0.133 e. The highest BCUT2D eigenvalue weighted by atomic mass is 79.9. The summed E-state index contributed by atoms with van der Waals surface area (Å²) < 4.78 is 27.7. The van der Waals surface area contributed by atoms with E-state index in [0.717, 1.165) is 17.7 Å². The van der Waals surface area contributed by atoms with Crippen LogP contribution in [0.3, 0.4) is 0 Å². The molecule has 18 heavy (non-hydrogen) atoms. The fourth-order valence-electron chi connectivity index (χ4n) is 1.73. The maximum atomic E-state index is 13.7. The van der Waals surface area contributed by atoms with Gasteiger partial charge in [0.25, 0.3) is 0 Å². The van der Waals surface area contributed by atoms with Crippen LogP contribution in [0.2, 0.25) is 0 Å². The first kappa shape index (κ1) is 13.1. The van der Waals surface area contributed by atoms with E-state index in [9.17, 15) is 13.9 Å². The molecule has 1 unspecified atom stereocenters. The Bertz CT molecular complexity index is 566. The van der Waals surface area contributed by atoms with Crippen molar-refractivity contribution in [3.63, 3.8) is 0 Å². The van der Waals surface area contributed by atoms with Crippen LogP contribution in [0.15, 0.2) is 35.1 Å². The van der Waals surface area contributed by atoms with Crippen molar-refractivity contribution in [2.75, 3.05) is 0 Å². The molecule has 0 saturated heterocycles. The third-order valence-corrected chi connectivity index (χ3v) is 3.15. The van der Waals surface area contributed by atoms with Crippen LogP contribution >= 0.6 is 15.9 Å². The van der Waals surface area contributed by atoms with Crippen LogP contribution in [0.5, 0.6) is 0 Å². The Balaban J connectivity index is 2.53. The van der Waals surface area contributed by atoms with E-state index >= 15 is 0 Å². The second-order valence-electron chi connectivity index (χ2n) is 3.92. The second kappa shape index (κ2) is 5.12. The quantitative estimate of drug-likeness (QED) is 0.920. The third kappa shape index (κ3) is 2.42. The summed E-state index contributed by atoms with van der Waals surface area (Å²) in [5, 5.41) is 10.1. The number of benzene rings is 1. The van der Waals surface area contributed by atoms with Crippen molar-refractivity contribution in [1.29, 1.82) is 0 Å². The first-order chi connectivity index (χ1) is 8.50. The molecule has 1 aromatic carbocycles. The number of pyridine rings is 1. The van der Waals surface area contributed by atoms with E-state index in [1.165, 1.54) is 6.20 Å². The summed E-state index contributed by atoms with van der Waals surface area (Å²) in [4.78, 5) is 3.85. The molecule has 0 aliphatic carbocycles. The van der Waals surface area contributed by atoms with Crippen molar-refractivity contribution in [2.45, 2.75) is 13.0 Å². The highest BCUT2D eigenvalue weighted by Gasteiger charge is 2.21. The number of aromatic nitrogens is 1. The lowest BCUT2D eigenvalue weighted by molar-refractivity contribution is 0.208. The number of nitrogens with zero attached hydrogens (tertiary/aromatic N) is 1. The summed E-state index contributed by atoms with van der Waals surface area (Å²) in [6.07, 6.45) is 1.59. The summed E-state index contributed by atoms with van der Waals surface area (Å²) in [6.45, 7) is 1.74. The summed E-state index contributed by atoms with van der Waals surface area (Å²) in [5.74, 6) is -1.59. The van der Waals surface area contributed by atoms with E-state index in [1.54, 1.807) is 19.2 Å². The molecule has 0 saturated carbocycles. The van der Waals surface area contributed by atoms with Crippen LogP contribution in [0.4, 0.5) is 8.78 Å². The van der Waals surface area contributed by atoms with Crippen LogP contribution in [0.1, 0.15) is 22.8 Å². The maximum absolute atomic E-state index is 13.7. The van der Waals surface area contributed by atoms with Gasteiger partial charge in [-0.15, -0.1) is 0 Å². The van der Waals surface area contributed by atoms with Gasteiger partial charge >= 0.3 is 0 Å². The summed E-state index contributed by atoms with van der Waals surface area (Å²) in [7, 11) is 0. The lowest BCUT2D eigenvalue weighted by Gasteiger charge is -2.15. The molecule has 0 spiro atoms. The molecule has 2 nitrogen and oxygen atoms in total. The van der Waals surface area contributed by atoms with Crippen molar-refractivity contribution < 1.29 is 13.9 Å². The van der Waals surface area contributed by atoms with Gasteiger partial charge in [-0.3, -0.25) is 4.98 Å². The van der Waals surface area contributed by atoms with Gasteiger partial charge in [-0.05, 0) is 30.7 Å². The lowest BCUT2D eigenvalue weighted by atomic mass is 9.98. The molecular weight excluding hydrogens is 304 g/mol. The number of hydrogen-bond donors (Lipinski definition) is 1. The Hall–Kier alpha value is -1.33. The summed E-state index contributed by atoms with van der Waals surface area (Å²) in [5.41, 5.74) is 0.742. The average molecular weight is 314 g/mol. The Labute approximate surface area is 111 Å². The van der Waals surface area contributed by atoms with E-state index in [4.69, 9.17) is 0 Å². The number of rotatable bonds is 2. The zero-order valence-electron chi connectivity index (χ0n) is 9.49. The minimum atomic E-state index is -1.37. The number of halogens is 3. The van der Waals surface area contributed by atoms with E-state index < -0.39 is 17.7 Å². The molecular formula is C13H10BrF2NO. The highest BCUT2D eigenvalue weighted by Crippen LogP contribution is 2.30. The first-order valence-corrected chi connectivity index (χ1v) is 6.03. The second-order valence-corrected chi connectivity index (χ2v) is 4.83. The molecule has 0 radical (unpaired) electrons. The molecule has 94 valence electrons. The zero-order valence-corrected chi connectivity index (χ0v) is 11.1. The van der Waals surface area contributed by atoms with Crippen LogP contribution in [-0.2, 0) is 0 Å². The van der Waals surface area contributed by atoms with Gasteiger partial charge in [0.05, 0.1) is 5.56 Å². The molecule has 2 rings (SSSR count). The van der Waals surface area contributed by atoms with Gasteiger partial charge in [0.1, 0.15) is 17.7 Å². The van der Waals surface area contributed by atoms with Gasteiger partial charge in [-0.25, -0.2) is 8.78 Å². The van der Waals surface area contributed by atoms with E-state index in [2.05, 4.69) is 20.9 Å². The Morgan fingerprint density at radius 3 is 2.44 bits per heavy atom. The van der Waals surface area contributed by atoms with Crippen LogP contribution < -0.4 is 0 Å². The van der Waals surface area contributed by atoms with Crippen LogP contribution in [-0.4, -0.2) is 10.1 Å². The minimum absolute atomic E-state index is 0.288. The van der Waals surface area contributed by atoms with Crippen molar-refractivity contribution >= 4 is 15.9 Å². The largest absolute Gasteiger partial charge is 0.383 e. The maximum Gasteiger partial charge on any atom is 0.133 e. The van der Waals surface area contributed by atoms with E-state index in [1.807, 2.05) is 0 Å². The van der Waals surface area contributed by atoms with Gasteiger partial charge in [0, 0.05) is 22.4 Å². The van der Waals surface area contributed by atoms with Crippen molar-refractivity contribution in [3.8, 4) is 0 Å². The number of hydrogen-bond acceptors (Lipinski definition) is 2. The van der Waals surface area contributed by atoms with Gasteiger partial charge in [-0.1, -0.05) is 15.9 Å². The molecule has 1 heterocycles. The van der Waals surface area contributed by atoms with E-state index in [0.29, 0.717) is 5.56 Å². The van der Waals surface area contributed by atoms with Crippen molar-refractivity contribution in [2.24, 2.45) is 0 Å². The molecule has 0 fully saturated rings. The van der Waals surface area contributed by atoms with Crippen molar-refractivity contribution in [1.82, 2.24) is 4.98 Å². The topological polar surface area (TPSA) is 33.1 Å². The predicted molar refractivity (Wildman–Crippen MR) is 67.1 cm³/mol. The standard InChI is InChI=1S/C13H10BrF2NO/c1-7-2-3-17-6-9(7)13(18)12-10(15)4-8(14)5-11(12)16/h2-6,13,18H,1H3. The average Bonchev–Trinajstić information content (AvgIpc) is 2.27. The van der Waals surface area contributed by atoms with E-state index in [-0.39, 0.29) is 10.0 Å². The predicted octanol–water partition coefficient (Wildman–Crippen LogP) is 3.51. The molecule has 2 aromatic rings. The molecule has 1 aromatic heterocycles. The van der Waals surface area contributed by atoms with Gasteiger partial charge in [0.15, 0.2) is 0 Å². The fourth-order valence-corrected chi connectivity index (χ4v) is 2.13. The summed E-state index contributed by atoms with van der Waals surface area (Å²) in [6, 6.07) is 3.91. The molecule has 0 aliphatic rings. The normalized spacial score (nSPS) is 12.5. The minimum Gasteiger partial charge on any atom is -0.383 e. The zero-order chi connectivity index (χ0) is 13.3. The van der Waals surface area contributed by atoms with Crippen molar-refractivity contribution in [3.05, 3.63) is 63.4 Å². The Kier molecular flexibility index (Phi) is 3.73. The Morgan fingerprint density at radius 1 is 1.28 bits per heavy atom. The highest BCUT2D eigenvalue weighted by molar-refractivity contribution is 9.10. The first-order valence-electron chi connectivity index (χ1n) is 5.23. The lowest BCUT2D eigenvalue weighted by Crippen LogP contribution is -2.08. The van der Waals surface area contributed by atoms with Crippen LogP contribution in [0.25, 0.3) is 0 Å². The molecule has 0 bridgehead atoms. The monoisotopic (exact) mass is 313 g/mol.